The van der Waals surface area contributed by atoms with E-state index in [9.17, 15) is 5.11 Å². The number of hydrogen-bond acceptors (Lipinski definition) is 2. The van der Waals surface area contributed by atoms with E-state index < -0.39 is 6.10 Å². The van der Waals surface area contributed by atoms with E-state index in [1.807, 2.05) is 54.6 Å². The predicted octanol–water partition coefficient (Wildman–Crippen LogP) is 2.66. The molecule has 0 aliphatic carbocycles. The first kappa shape index (κ1) is 25.9. The summed E-state index contributed by atoms with van der Waals surface area (Å²) in [6.45, 7) is 13.5. The van der Waals surface area contributed by atoms with E-state index in [-0.39, 0.29) is 17.4 Å². The molecule has 0 fully saturated rings. The zero-order valence-electron chi connectivity index (χ0n) is 12.3. The Balaban J connectivity index is -0.000000514. The van der Waals surface area contributed by atoms with Crippen LogP contribution in [0.3, 0.4) is 0 Å². The second-order valence-electron chi connectivity index (χ2n) is 3.56. The van der Waals surface area contributed by atoms with Gasteiger partial charge in [-0.15, -0.1) is 0 Å². The van der Waals surface area contributed by atoms with Gasteiger partial charge in [-0.3, -0.25) is 0 Å². The van der Waals surface area contributed by atoms with Gasteiger partial charge in [-0.2, -0.15) is 0 Å². The summed E-state index contributed by atoms with van der Waals surface area (Å²) >= 11 is 0. The largest absolute Gasteiger partial charge is 0 e. The Morgan fingerprint density at radius 2 is 1.26 bits per heavy atom. The third-order valence-corrected chi connectivity index (χ3v) is 2.55. The van der Waals surface area contributed by atoms with Crippen molar-refractivity contribution in [1.82, 2.24) is 0 Å². The van der Waals surface area contributed by atoms with Gasteiger partial charge in [0.05, 0.1) is 7.11 Å². The van der Waals surface area contributed by atoms with Gasteiger partial charge in [0.1, 0.15) is 11.9 Å². The number of hydrogen-bond donors (Lipinski definition) is 1. The molecule has 0 saturated heterocycles. The van der Waals surface area contributed by atoms with E-state index in [1.165, 1.54) is 0 Å². The summed E-state index contributed by atoms with van der Waals surface area (Å²) in [7, 11) is 1.61. The van der Waals surface area contributed by atoms with Crippen molar-refractivity contribution in [3.63, 3.8) is 0 Å². The van der Waals surface area contributed by atoms with Gasteiger partial charge in [-0.05, 0) is 11.6 Å². The molecule has 0 bridgehead atoms. The molecular weight excluding hydrogens is 336 g/mol. The molecule has 0 aromatic heterocycles. The van der Waals surface area contributed by atoms with E-state index in [2.05, 4.69) is 20.0 Å². The number of methoxy groups -OCH3 is 1. The number of para-hydroxylation sites is 1. The number of ether oxygens (including phenoxy) is 1. The summed E-state index contributed by atoms with van der Waals surface area (Å²) in [6.07, 6.45) is -0.641. The van der Waals surface area contributed by atoms with Gasteiger partial charge in [-0.1, -0.05) is 48.5 Å². The normalized spacial score (nSPS) is 8.70. The Morgan fingerprint density at radius 1 is 0.826 bits per heavy atom. The molecule has 0 heterocycles. The fourth-order valence-corrected chi connectivity index (χ4v) is 1.71. The van der Waals surface area contributed by atoms with Crippen LogP contribution in [0.4, 0.5) is 0 Å². The Labute approximate surface area is 146 Å². The van der Waals surface area contributed by atoms with Crippen LogP contribution in [0.2, 0.25) is 0 Å². The van der Waals surface area contributed by atoms with E-state index in [1.54, 1.807) is 7.11 Å². The maximum absolute atomic E-state index is 10.2. The summed E-state index contributed by atoms with van der Waals surface area (Å²) in [5, 5.41) is 10.2. The van der Waals surface area contributed by atoms with Gasteiger partial charge in [0, 0.05) is 22.9 Å². The molecule has 2 aromatic rings. The van der Waals surface area contributed by atoms with Crippen molar-refractivity contribution in [2.24, 2.45) is 0 Å². The topological polar surface area (TPSA) is 89.2 Å². The Kier molecular flexibility index (Phi) is 20.3. The quantitative estimate of drug-likeness (QED) is 0.681. The first-order valence-corrected chi connectivity index (χ1v) is 5.80. The summed E-state index contributed by atoms with van der Waals surface area (Å²) in [5.41, 5.74) is 1.66. The van der Waals surface area contributed by atoms with Crippen LogP contribution in [-0.4, -0.2) is 12.2 Å². The molecule has 5 nitrogen and oxygen atoms in total. The smallest absolute Gasteiger partial charge is 0 e. The second-order valence-corrected chi connectivity index (χ2v) is 3.56. The van der Waals surface area contributed by atoms with Gasteiger partial charge in [-0.25, -0.2) is 0 Å². The minimum Gasteiger partial charge on any atom is 0 e. The van der Waals surface area contributed by atoms with Gasteiger partial charge < -0.3 is 9.84 Å². The summed E-state index contributed by atoms with van der Waals surface area (Å²) in [4.78, 5) is 0. The van der Waals surface area contributed by atoms with Gasteiger partial charge in [0.25, 0.3) is 0 Å². The third-order valence-electron chi connectivity index (χ3n) is 2.55. The van der Waals surface area contributed by atoms with E-state index in [0.29, 0.717) is 5.75 Å². The monoisotopic (exact) mass is 350 g/mol. The zero-order valence-corrected chi connectivity index (χ0v) is 13.5. The molecule has 23 heavy (non-hydrogen) atoms. The number of aliphatic hydroxyl groups excluding tert-OH is 1. The first-order valence-electron chi connectivity index (χ1n) is 5.80. The van der Waals surface area contributed by atoms with Crippen LogP contribution < -0.4 is 4.74 Å². The molecule has 1 atom stereocenters. The molecule has 0 saturated carbocycles. The van der Waals surface area contributed by atoms with Crippen molar-refractivity contribution < 1.29 is 41.2 Å². The van der Waals surface area contributed by atoms with E-state index >= 15 is 0 Å². The van der Waals surface area contributed by atoms with Crippen molar-refractivity contribution in [3.05, 3.63) is 85.7 Å². The maximum Gasteiger partial charge on any atom is 0 e. The molecule has 0 amide bonds. The van der Waals surface area contributed by atoms with E-state index in [4.69, 9.17) is 18.7 Å². The van der Waals surface area contributed by atoms with Crippen LogP contribution in [0, 0.1) is 20.0 Å². The molecule has 2 aromatic carbocycles. The summed E-state index contributed by atoms with van der Waals surface area (Å²) < 4.78 is 27.7. The molecule has 2 rings (SSSR count). The molecule has 118 valence electrons. The molecule has 6 heteroatoms. The number of benzene rings is 2. The van der Waals surface area contributed by atoms with Crippen LogP contribution >= 0.6 is 0 Å². The Morgan fingerprint density at radius 3 is 1.74 bits per heavy atom. The predicted molar refractivity (Wildman–Crippen MR) is 75.3 cm³/mol. The van der Waals surface area contributed by atoms with Crippen LogP contribution in [0.5, 0.6) is 5.75 Å². The molecule has 1 N–H and O–H groups in total. The van der Waals surface area contributed by atoms with E-state index in [0.717, 1.165) is 11.1 Å². The van der Waals surface area contributed by atoms with Crippen molar-refractivity contribution in [3.8, 4) is 5.75 Å². The SMILES string of the molecule is COc1ccccc1[C@@H](O)c1ccccc1.[C-]#[O+].[C-]#[O+].[C-]#[O+].[Cr]. The minimum absolute atomic E-state index is 0. The number of rotatable bonds is 3. The molecule has 0 unspecified atom stereocenters. The molecule has 0 spiro atoms. The number of aliphatic hydroxyl groups is 1. The Bertz CT molecular complexity index is 564. The average Bonchev–Trinajstić information content (AvgIpc) is 2.66. The fraction of sp³-hybridized carbons (Fsp3) is 0.118. The first-order chi connectivity index (χ1) is 10.8. The molecular formula is C17H14CrO5. The van der Waals surface area contributed by atoms with Crippen LogP contribution in [0.1, 0.15) is 17.2 Å². The van der Waals surface area contributed by atoms with Gasteiger partial charge in [0.2, 0.25) is 0 Å². The minimum atomic E-state index is -0.641. The van der Waals surface area contributed by atoms with Crippen LogP contribution in [0.15, 0.2) is 54.6 Å². The van der Waals surface area contributed by atoms with Crippen molar-refractivity contribution >= 4 is 0 Å². The molecule has 0 aliphatic heterocycles. The van der Waals surface area contributed by atoms with Crippen molar-refractivity contribution in [2.75, 3.05) is 7.11 Å². The van der Waals surface area contributed by atoms with Crippen molar-refractivity contribution in [2.45, 2.75) is 6.10 Å². The third kappa shape index (κ3) is 8.85. The molecule has 0 radical (unpaired) electrons. The van der Waals surface area contributed by atoms with Gasteiger partial charge >= 0.3 is 33.9 Å². The standard InChI is InChI=1S/C14H14O2.3CO.Cr/c1-16-13-10-6-5-9-12(13)14(15)11-7-3-2-4-8-11;3*1-2;/h2-10,14-15H,1H3;;;;/t14-;;;;/m0..../s1. The fourth-order valence-electron chi connectivity index (χ4n) is 1.71. The second kappa shape index (κ2) is 18.0. The van der Waals surface area contributed by atoms with Gasteiger partial charge in [0.15, 0.2) is 0 Å². The Hall–Kier alpha value is -2.05. The van der Waals surface area contributed by atoms with Crippen LogP contribution in [0.25, 0.3) is 0 Å². The summed E-state index contributed by atoms with van der Waals surface area (Å²) in [6, 6.07) is 17.1. The molecule has 0 aliphatic rings. The maximum atomic E-state index is 10.2. The zero-order chi connectivity index (χ0) is 17.4. The summed E-state index contributed by atoms with van der Waals surface area (Å²) in [5.74, 6) is 0.707. The average molecular weight is 350 g/mol. The van der Waals surface area contributed by atoms with Crippen LogP contribution in [-0.2, 0) is 31.3 Å². The van der Waals surface area contributed by atoms with Crippen molar-refractivity contribution in [1.29, 1.82) is 0 Å².